The van der Waals surface area contributed by atoms with Crippen molar-refractivity contribution in [3.63, 3.8) is 0 Å². The van der Waals surface area contributed by atoms with E-state index in [-0.39, 0.29) is 10.8 Å². The zero-order valence-electron chi connectivity index (χ0n) is 14.5. The lowest BCUT2D eigenvalue weighted by molar-refractivity contribution is 0.0838. The van der Waals surface area contributed by atoms with Crippen molar-refractivity contribution in [3.8, 4) is 0 Å². The minimum absolute atomic E-state index is 0.108. The Labute approximate surface area is 148 Å². The number of rotatable bonds is 6. The number of hydrogen-bond acceptors (Lipinski definition) is 5. The monoisotopic (exact) mass is 364 g/mol. The highest BCUT2D eigenvalue weighted by Gasteiger charge is 2.28. The molecule has 0 radical (unpaired) electrons. The largest absolute Gasteiger partial charge is 0.381 e. The lowest BCUT2D eigenvalue weighted by Gasteiger charge is -2.21. The van der Waals surface area contributed by atoms with Crippen molar-refractivity contribution < 1.29 is 13.2 Å². The van der Waals surface area contributed by atoms with Gasteiger partial charge in [0, 0.05) is 44.6 Å². The van der Waals surface area contributed by atoms with Crippen LogP contribution in [-0.2, 0) is 28.4 Å². The minimum atomic E-state index is -3.70. The van der Waals surface area contributed by atoms with Gasteiger partial charge in [-0.3, -0.25) is 9.40 Å². The number of hydrogen-bond donors (Lipinski definition) is 2. The zero-order valence-corrected chi connectivity index (χ0v) is 15.3. The molecule has 0 aliphatic carbocycles. The standard InChI is InChI=1S/C17H24N4O3S/c1-18-11-13-4-3-5-15(10-13)20-25(22,23)16-12-21(2)19-17(16)14-6-8-24-9-7-14/h3-5,10,12,14,18,20H,6-9,11H2,1-2H3. The predicted octanol–water partition coefficient (Wildman–Crippen LogP) is 1.83. The molecule has 25 heavy (non-hydrogen) atoms. The van der Waals surface area contributed by atoms with E-state index in [1.807, 2.05) is 25.2 Å². The molecule has 2 aromatic rings. The van der Waals surface area contributed by atoms with E-state index in [4.69, 9.17) is 4.74 Å². The van der Waals surface area contributed by atoms with Crippen molar-refractivity contribution in [3.05, 3.63) is 41.7 Å². The molecule has 0 unspecified atom stereocenters. The number of sulfonamides is 1. The molecule has 1 saturated heterocycles. The second kappa shape index (κ2) is 7.55. The van der Waals surface area contributed by atoms with Crippen LogP contribution in [-0.4, -0.2) is 38.5 Å². The Balaban J connectivity index is 1.88. The average molecular weight is 364 g/mol. The molecule has 1 aromatic heterocycles. The van der Waals surface area contributed by atoms with Gasteiger partial charge in [-0.25, -0.2) is 8.42 Å². The lowest BCUT2D eigenvalue weighted by Crippen LogP contribution is -2.19. The van der Waals surface area contributed by atoms with Crippen molar-refractivity contribution in [1.29, 1.82) is 0 Å². The molecular weight excluding hydrogens is 340 g/mol. The number of anilines is 1. The van der Waals surface area contributed by atoms with Crippen molar-refractivity contribution in [2.24, 2.45) is 7.05 Å². The highest BCUT2D eigenvalue weighted by Crippen LogP contribution is 2.31. The summed E-state index contributed by atoms with van der Waals surface area (Å²) in [5.74, 6) is 0.108. The Morgan fingerprint density at radius 3 is 2.80 bits per heavy atom. The maximum absolute atomic E-state index is 12.9. The van der Waals surface area contributed by atoms with Crippen LogP contribution in [0.1, 0.15) is 30.0 Å². The Hall–Kier alpha value is -1.90. The summed E-state index contributed by atoms with van der Waals surface area (Å²) in [5, 5.41) is 7.48. The van der Waals surface area contributed by atoms with Crippen LogP contribution in [0.15, 0.2) is 35.4 Å². The third kappa shape index (κ3) is 4.20. The van der Waals surface area contributed by atoms with Gasteiger partial charge in [0.25, 0.3) is 10.0 Å². The van der Waals surface area contributed by atoms with Crippen LogP contribution in [0, 0.1) is 0 Å². The van der Waals surface area contributed by atoms with Crippen molar-refractivity contribution in [2.75, 3.05) is 25.0 Å². The van der Waals surface area contributed by atoms with Gasteiger partial charge in [0.2, 0.25) is 0 Å². The topological polar surface area (TPSA) is 85.2 Å². The van der Waals surface area contributed by atoms with Gasteiger partial charge < -0.3 is 10.1 Å². The third-order valence-corrected chi connectivity index (χ3v) is 5.68. The Morgan fingerprint density at radius 2 is 2.08 bits per heavy atom. The highest BCUT2D eigenvalue weighted by atomic mass is 32.2. The molecule has 8 heteroatoms. The highest BCUT2D eigenvalue weighted by molar-refractivity contribution is 7.92. The van der Waals surface area contributed by atoms with Crippen LogP contribution >= 0.6 is 0 Å². The average Bonchev–Trinajstić information content (AvgIpc) is 2.99. The summed E-state index contributed by atoms with van der Waals surface area (Å²) in [6.07, 6.45) is 3.15. The van der Waals surface area contributed by atoms with Crippen molar-refractivity contribution in [1.82, 2.24) is 15.1 Å². The normalized spacial score (nSPS) is 16.1. The molecule has 0 bridgehead atoms. The first-order valence-electron chi connectivity index (χ1n) is 8.37. The van der Waals surface area contributed by atoms with Gasteiger partial charge >= 0.3 is 0 Å². The van der Waals surface area contributed by atoms with Crippen LogP contribution in [0.25, 0.3) is 0 Å². The molecule has 0 amide bonds. The molecule has 3 rings (SSSR count). The van der Waals surface area contributed by atoms with Gasteiger partial charge in [-0.15, -0.1) is 0 Å². The molecule has 0 saturated carbocycles. The van der Waals surface area contributed by atoms with E-state index in [9.17, 15) is 8.42 Å². The summed E-state index contributed by atoms with van der Waals surface area (Å²) in [5.41, 5.74) is 2.19. The van der Waals surface area contributed by atoms with Crippen molar-refractivity contribution in [2.45, 2.75) is 30.2 Å². The fraction of sp³-hybridized carbons (Fsp3) is 0.471. The van der Waals surface area contributed by atoms with E-state index in [1.165, 1.54) is 0 Å². The molecule has 1 aliphatic rings. The molecule has 1 aliphatic heterocycles. The Kier molecular flexibility index (Phi) is 5.41. The first-order valence-corrected chi connectivity index (χ1v) is 9.85. The molecule has 7 nitrogen and oxygen atoms in total. The minimum Gasteiger partial charge on any atom is -0.381 e. The number of nitrogens with zero attached hydrogens (tertiary/aromatic N) is 2. The van der Waals surface area contributed by atoms with E-state index in [0.29, 0.717) is 31.1 Å². The second-order valence-corrected chi connectivity index (χ2v) is 7.93. The first kappa shape index (κ1) is 17.9. The summed E-state index contributed by atoms with van der Waals surface area (Å²) in [6, 6.07) is 7.37. The number of ether oxygens (including phenoxy) is 1. The summed E-state index contributed by atoms with van der Waals surface area (Å²) in [4.78, 5) is 0.251. The van der Waals surface area contributed by atoms with Gasteiger partial charge in [0.15, 0.2) is 0 Å². The van der Waals surface area contributed by atoms with Crippen LogP contribution in [0.4, 0.5) is 5.69 Å². The molecule has 2 N–H and O–H groups in total. The van der Waals surface area contributed by atoms with Crippen LogP contribution in [0.5, 0.6) is 0 Å². The summed E-state index contributed by atoms with van der Waals surface area (Å²) >= 11 is 0. The maximum atomic E-state index is 12.9. The van der Waals surface area contributed by atoms with Crippen LogP contribution in [0.3, 0.4) is 0 Å². The van der Waals surface area contributed by atoms with Gasteiger partial charge in [0.05, 0.1) is 5.69 Å². The summed E-state index contributed by atoms with van der Waals surface area (Å²) in [6.45, 7) is 1.95. The lowest BCUT2D eigenvalue weighted by atomic mass is 9.97. The number of aromatic nitrogens is 2. The zero-order chi connectivity index (χ0) is 17.9. The van der Waals surface area contributed by atoms with Crippen LogP contribution in [0.2, 0.25) is 0 Å². The molecule has 1 fully saturated rings. The number of nitrogens with one attached hydrogen (secondary N) is 2. The molecule has 1 aromatic carbocycles. The molecule has 0 atom stereocenters. The fourth-order valence-corrected chi connectivity index (χ4v) is 4.43. The van der Waals surface area contributed by atoms with E-state index < -0.39 is 10.0 Å². The summed E-state index contributed by atoms with van der Waals surface area (Å²) in [7, 11) is -0.0995. The van der Waals surface area contributed by atoms with Crippen molar-refractivity contribution >= 4 is 15.7 Å². The Bertz CT molecular complexity index is 826. The molecular formula is C17H24N4O3S. The smallest absolute Gasteiger partial charge is 0.265 e. The first-order chi connectivity index (χ1) is 12.0. The predicted molar refractivity (Wildman–Crippen MR) is 96.0 cm³/mol. The van der Waals surface area contributed by atoms with Gasteiger partial charge in [-0.05, 0) is 37.6 Å². The number of aryl methyl sites for hydroxylation is 1. The van der Waals surface area contributed by atoms with Gasteiger partial charge in [0.1, 0.15) is 4.90 Å². The fourth-order valence-electron chi connectivity index (χ4n) is 3.10. The maximum Gasteiger partial charge on any atom is 0.265 e. The van der Waals surface area contributed by atoms with E-state index in [0.717, 1.165) is 18.4 Å². The van der Waals surface area contributed by atoms with E-state index >= 15 is 0 Å². The molecule has 0 spiro atoms. The van der Waals surface area contributed by atoms with Gasteiger partial charge in [-0.1, -0.05) is 12.1 Å². The van der Waals surface area contributed by atoms with E-state index in [1.54, 1.807) is 24.0 Å². The SMILES string of the molecule is CNCc1cccc(NS(=O)(=O)c2cn(C)nc2C2CCOCC2)c1. The van der Waals surface area contributed by atoms with Gasteiger partial charge in [-0.2, -0.15) is 5.10 Å². The summed E-state index contributed by atoms with van der Waals surface area (Å²) < 4.78 is 35.5. The Morgan fingerprint density at radius 1 is 1.32 bits per heavy atom. The van der Waals surface area contributed by atoms with E-state index in [2.05, 4.69) is 15.1 Å². The second-order valence-electron chi connectivity index (χ2n) is 6.28. The van der Waals surface area contributed by atoms with Crippen LogP contribution < -0.4 is 10.0 Å². The molecule has 136 valence electrons. The molecule has 2 heterocycles. The quantitative estimate of drug-likeness (QED) is 0.817. The number of benzene rings is 1. The third-order valence-electron chi connectivity index (χ3n) is 4.28.